The first kappa shape index (κ1) is 27.8. The van der Waals surface area contributed by atoms with Crippen LogP contribution in [0, 0.1) is 11.8 Å². The highest BCUT2D eigenvalue weighted by atomic mass is 32.2. The van der Waals surface area contributed by atoms with Gasteiger partial charge in [-0.1, -0.05) is 50.0 Å². The molecule has 36 heavy (non-hydrogen) atoms. The van der Waals surface area contributed by atoms with Crippen molar-refractivity contribution in [1.82, 2.24) is 10.2 Å². The molecule has 2 heterocycles. The molecule has 0 saturated carbocycles. The maximum Gasteiger partial charge on any atom is 0.264 e. The molecule has 1 aromatic carbocycles. The zero-order valence-corrected chi connectivity index (χ0v) is 21.5. The van der Waals surface area contributed by atoms with E-state index in [2.05, 4.69) is 17.2 Å². The summed E-state index contributed by atoms with van der Waals surface area (Å²) in [5, 5.41) is 2.31. The van der Waals surface area contributed by atoms with Crippen molar-refractivity contribution in [3.63, 3.8) is 0 Å². The third-order valence-corrected chi connectivity index (χ3v) is 6.80. The molecule has 1 unspecified atom stereocenters. The summed E-state index contributed by atoms with van der Waals surface area (Å²) in [4.78, 5) is 38.0. The maximum absolute atomic E-state index is 12.9. The van der Waals surface area contributed by atoms with Crippen molar-refractivity contribution in [3.8, 4) is 11.8 Å². The van der Waals surface area contributed by atoms with E-state index >= 15 is 0 Å². The van der Waals surface area contributed by atoms with Crippen LogP contribution in [0.2, 0.25) is 0 Å². The number of amides is 3. The number of fused-ring (bicyclic) bond motifs is 1. The van der Waals surface area contributed by atoms with Gasteiger partial charge in [0.25, 0.3) is 16.0 Å². The number of carbonyl (C=O) groups excluding carboxylic acids is 3. The van der Waals surface area contributed by atoms with E-state index in [1.54, 1.807) is 12.1 Å². The molecule has 1 N–H and O–H groups in total. The molecule has 1 aromatic rings. The van der Waals surface area contributed by atoms with Gasteiger partial charge in [0.05, 0.1) is 12.9 Å². The number of rotatable bonds is 13. The molecule has 1 fully saturated rings. The van der Waals surface area contributed by atoms with Gasteiger partial charge in [0.2, 0.25) is 11.8 Å². The molecular weight excluding hydrogens is 484 g/mol. The minimum Gasteiger partial charge on any atom is -0.369 e. The zero-order valence-electron chi connectivity index (χ0n) is 20.7. The Hall–Kier alpha value is -2.74. The van der Waals surface area contributed by atoms with Gasteiger partial charge in [0.15, 0.2) is 0 Å². The molecular formula is C26H34N2O7S. The predicted octanol–water partition coefficient (Wildman–Crippen LogP) is 2.52. The van der Waals surface area contributed by atoms with Crippen LogP contribution >= 0.6 is 0 Å². The minimum absolute atomic E-state index is 0.207. The Bertz CT molecular complexity index is 1120. The molecule has 0 radical (unpaired) electrons. The normalized spacial score (nSPS) is 17.5. The quantitative estimate of drug-likeness (QED) is 0.184. The summed E-state index contributed by atoms with van der Waals surface area (Å²) in [7, 11) is -3.33. The average molecular weight is 519 g/mol. The highest BCUT2D eigenvalue weighted by Gasteiger charge is 2.39. The monoisotopic (exact) mass is 518 g/mol. The molecule has 0 bridgehead atoms. The Balaban J connectivity index is 1.32. The molecule has 0 aliphatic carbocycles. The van der Waals surface area contributed by atoms with Crippen LogP contribution in [0.3, 0.4) is 0 Å². The lowest BCUT2D eigenvalue weighted by molar-refractivity contribution is -0.136. The first-order chi connectivity index (χ1) is 17.3. The molecule has 0 spiro atoms. The fourth-order valence-corrected chi connectivity index (χ4v) is 4.78. The summed E-state index contributed by atoms with van der Waals surface area (Å²) in [6.07, 6.45) is 8.63. The number of ether oxygens (including phenoxy) is 1. The van der Waals surface area contributed by atoms with Gasteiger partial charge in [-0.05, 0) is 37.0 Å². The Kier molecular flexibility index (Phi) is 10.5. The Morgan fingerprint density at radius 3 is 2.42 bits per heavy atom. The highest BCUT2D eigenvalue weighted by Crippen LogP contribution is 2.29. The Morgan fingerprint density at radius 2 is 1.72 bits per heavy atom. The van der Waals surface area contributed by atoms with Crippen LogP contribution in [0.15, 0.2) is 18.2 Å². The molecule has 9 nitrogen and oxygen atoms in total. The number of imide groups is 1. The van der Waals surface area contributed by atoms with Crippen LogP contribution in [-0.4, -0.2) is 63.2 Å². The Labute approximate surface area is 213 Å². The van der Waals surface area contributed by atoms with Crippen LogP contribution in [0.5, 0.6) is 0 Å². The molecule has 3 amide bonds. The molecule has 1 atom stereocenters. The van der Waals surface area contributed by atoms with E-state index < -0.39 is 22.1 Å². The summed E-state index contributed by atoms with van der Waals surface area (Å²) >= 11 is 0. The summed E-state index contributed by atoms with van der Waals surface area (Å²) in [5.74, 6) is 5.18. The van der Waals surface area contributed by atoms with Crippen LogP contribution in [-0.2, 0) is 35.2 Å². The summed E-state index contributed by atoms with van der Waals surface area (Å²) in [6, 6.07) is 4.75. The second-order valence-corrected chi connectivity index (χ2v) is 10.7. The maximum atomic E-state index is 12.9. The van der Waals surface area contributed by atoms with Gasteiger partial charge in [0.1, 0.15) is 12.6 Å². The molecule has 0 aromatic heterocycles. The first-order valence-corrected chi connectivity index (χ1v) is 14.3. The van der Waals surface area contributed by atoms with Crippen LogP contribution < -0.4 is 5.32 Å². The van der Waals surface area contributed by atoms with E-state index in [9.17, 15) is 22.8 Å². The third-order valence-electron chi connectivity index (χ3n) is 6.21. The second kappa shape index (κ2) is 13.5. The van der Waals surface area contributed by atoms with Gasteiger partial charge >= 0.3 is 0 Å². The smallest absolute Gasteiger partial charge is 0.264 e. The summed E-state index contributed by atoms with van der Waals surface area (Å²) in [6.45, 7) is 1.49. The van der Waals surface area contributed by atoms with Crippen LogP contribution in [0.25, 0.3) is 0 Å². The van der Waals surface area contributed by atoms with E-state index in [0.717, 1.165) is 62.3 Å². The number of nitrogens with one attached hydrogen (secondary N) is 1. The van der Waals surface area contributed by atoms with Crippen molar-refractivity contribution in [2.24, 2.45) is 0 Å². The lowest BCUT2D eigenvalue weighted by Gasteiger charge is -2.29. The highest BCUT2D eigenvalue weighted by molar-refractivity contribution is 7.85. The van der Waals surface area contributed by atoms with E-state index in [1.807, 2.05) is 6.07 Å². The lowest BCUT2D eigenvalue weighted by atomic mass is 10.0. The van der Waals surface area contributed by atoms with Crippen molar-refractivity contribution >= 4 is 27.8 Å². The molecule has 196 valence electrons. The summed E-state index contributed by atoms with van der Waals surface area (Å²) < 4.78 is 32.1. The second-order valence-electron chi connectivity index (χ2n) is 9.09. The van der Waals surface area contributed by atoms with Gasteiger partial charge < -0.3 is 9.64 Å². The molecule has 2 aliphatic heterocycles. The summed E-state index contributed by atoms with van der Waals surface area (Å²) in [5.41, 5.74) is 2.11. The van der Waals surface area contributed by atoms with E-state index in [1.165, 1.54) is 4.90 Å². The standard InChI is InChI=1S/C26H34N2O7S/c1-36(32,33)35-18-8-6-4-2-3-5-7-16-34-17-10-12-20-11-9-13-21-22(20)19-28(26(21)31)23-14-15-24(29)27-25(23)30/h9,11,13,23H,2-8,14-19H2,1H3,(H,27,29,30). The van der Waals surface area contributed by atoms with Gasteiger partial charge in [0, 0.05) is 30.7 Å². The average Bonchev–Trinajstić information content (AvgIpc) is 3.15. The number of hydrogen-bond acceptors (Lipinski definition) is 7. The fourth-order valence-electron chi connectivity index (χ4n) is 4.36. The van der Waals surface area contributed by atoms with Gasteiger partial charge in [-0.3, -0.25) is 23.9 Å². The van der Waals surface area contributed by atoms with E-state index in [-0.39, 0.29) is 24.8 Å². The van der Waals surface area contributed by atoms with Gasteiger partial charge in [-0.15, -0.1) is 0 Å². The number of nitrogens with zero attached hydrogens (tertiary/aromatic N) is 1. The molecule has 10 heteroatoms. The SMILES string of the molecule is CS(=O)(=O)OCCCCCCCCCOCC#Cc1cccc2c1CN(C1CCC(=O)NC1=O)C2=O. The number of unbranched alkanes of at least 4 members (excludes halogenated alkanes) is 6. The number of carbonyl (C=O) groups is 3. The van der Waals surface area contributed by atoms with E-state index in [4.69, 9.17) is 8.92 Å². The van der Waals surface area contributed by atoms with Crippen molar-refractivity contribution in [2.75, 3.05) is 26.1 Å². The van der Waals surface area contributed by atoms with Crippen molar-refractivity contribution in [2.45, 2.75) is 70.4 Å². The molecule has 3 rings (SSSR count). The number of benzene rings is 1. The van der Waals surface area contributed by atoms with Gasteiger partial charge in [-0.25, -0.2) is 0 Å². The van der Waals surface area contributed by atoms with Crippen LogP contribution in [0.1, 0.15) is 79.3 Å². The van der Waals surface area contributed by atoms with Crippen LogP contribution in [0.4, 0.5) is 0 Å². The van der Waals surface area contributed by atoms with Gasteiger partial charge in [-0.2, -0.15) is 8.42 Å². The van der Waals surface area contributed by atoms with Crippen molar-refractivity contribution in [3.05, 3.63) is 34.9 Å². The largest absolute Gasteiger partial charge is 0.369 e. The topological polar surface area (TPSA) is 119 Å². The number of piperidine rings is 1. The fraction of sp³-hybridized carbons (Fsp3) is 0.577. The minimum atomic E-state index is -3.33. The number of hydrogen-bond donors (Lipinski definition) is 1. The van der Waals surface area contributed by atoms with E-state index in [0.29, 0.717) is 31.7 Å². The zero-order chi connectivity index (χ0) is 26.0. The van der Waals surface area contributed by atoms with Crippen molar-refractivity contribution < 1.29 is 31.7 Å². The third kappa shape index (κ3) is 8.43. The molecule has 1 saturated heterocycles. The first-order valence-electron chi connectivity index (χ1n) is 12.4. The molecule has 2 aliphatic rings. The predicted molar refractivity (Wildman–Crippen MR) is 133 cm³/mol. The lowest BCUT2D eigenvalue weighted by Crippen LogP contribution is -2.52. The Morgan fingerprint density at radius 1 is 1.03 bits per heavy atom. The van der Waals surface area contributed by atoms with Crippen molar-refractivity contribution in [1.29, 1.82) is 0 Å².